The number of thioether (sulfide) groups is 1. The van der Waals surface area contributed by atoms with Crippen molar-refractivity contribution in [2.24, 2.45) is 0 Å². The number of carbonyl (C=O) groups excluding carboxylic acids is 2. The fourth-order valence-corrected chi connectivity index (χ4v) is 2.34. The fraction of sp³-hybridized carbons (Fsp3) is 0.308. The highest BCUT2D eigenvalue weighted by Gasteiger charge is 2.28. The second kappa shape index (κ2) is 6.90. The van der Waals surface area contributed by atoms with Gasteiger partial charge in [-0.15, -0.1) is 11.8 Å². The number of hydrogen-bond acceptors (Lipinski definition) is 4. The summed E-state index contributed by atoms with van der Waals surface area (Å²) < 4.78 is -0.489. The minimum atomic E-state index is -1.08. The van der Waals surface area contributed by atoms with Gasteiger partial charge in [-0.1, -0.05) is 12.1 Å². The third-order valence-electron chi connectivity index (χ3n) is 2.45. The summed E-state index contributed by atoms with van der Waals surface area (Å²) in [5.74, 6) is -2.15. The van der Waals surface area contributed by atoms with Gasteiger partial charge in [0, 0.05) is 4.47 Å². The molecule has 0 aliphatic rings. The number of carboxylic acid groups (broad SMARTS) is 1. The number of imide groups is 1. The predicted molar refractivity (Wildman–Crippen MR) is 80.8 cm³/mol. The quantitative estimate of drug-likeness (QED) is 0.842. The lowest BCUT2D eigenvalue weighted by Crippen LogP contribution is -2.35. The maximum absolute atomic E-state index is 11.8. The maximum Gasteiger partial charge on any atom is 0.319 e. The van der Waals surface area contributed by atoms with Crippen molar-refractivity contribution >= 4 is 45.5 Å². The monoisotopic (exact) mass is 359 g/mol. The summed E-state index contributed by atoms with van der Waals surface area (Å²) in [4.78, 5) is 34.4. The molecule has 7 heteroatoms. The molecule has 0 aliphatic heterocycles. The van der Waals surface area contributed by atoms with Crippen LogP contribution in [0.25, 0.3) is 0 Å². The van der Waals surface area contributed by atoms with E-state index in [1.54, 1.807) is 24.3 Å². The molecule has 0 bridgehead atoms. The Balaban J connectivity index is 2.58. The number of nitrogens with one attached hydrogen (secondary N) is 1. The number of hydrogen-bond donors (Lipinski definition) is 2. The number of rotatable bonds is 5. The highest BCUT2D eigenvalue weighted by molar-refractivity contribution is 9.10. The molecule has 20 heavy (non-hydrogen) atoms. The molecule has 0 radical (unpaired) electrons. The molecule has 0 aliphatic carbocycles. The summed E-state index contributed by atoms with van der Waals surface area (Å²) in [5.41, 5.74) is 0.350. The number of amides is 2. The third-order valence-corrected chi connectivity index (χ3v) is 4.44. The summed E-state index contributed by atoms with van der Waals surface area (Å²) in [6.45, 7) is 3.01. The lowest BCUT2D eigenvalue weighted by atomic mass is 10.2. The van der Waals surface area contributed by atoms with Crippen molar-refractivity contribution in [1.29, 1.82) is 0 Å². The molecule has 108 valence electrons. The Hall–Kier alpha value is -1.34. The smallest absolute Gasteiger partial charge is 0.319 e. The lowest BCUT2D eigenvalue weighted by Gasteiger charge is -2.17. The van der Waals surface area contributed by atoms with Gasteiger partial charge in [-0.05, 0) is 41.9 Å². The van der Waals surface area contributed by atoms with Crippen LogP contribution in [0.3, 0.4) is 0 Å². The molecule has 0 heterocycles. The molecule has 2 amide bonds. The molecule has 0 fully saturated rings. The highest BCUT2D eigenvalue weighted by Crippen LogP contribution is 2.24. The van der Waals surface area contributed by atoms with E-state index >= 15 is 0 Å². The van der Waals surface area contributed by atoms with E-state index in [9.17, 15) is 14.4 Å². The van der Waals surface area contributed by atoms with E-state index < -0.39 is 22.5 Å². The molecular weight excluding hydrogens is 346 g/mol. The first kappa shape index (κ1) is 16.7. The Kier molecular flexibility index (Phi) is 5.76. The minimum Gasteiger partial charge on any atom is -0.480 e. The second-order valence-electron chi connectivity index (χ2n) is 4.46. The third kappa shape index (κ3) is 4.64. The van der Waals surface area contributed by atoms with Crippen LogP contribution in [0.1, 0.15) is 24.2 Å². The van der Waals surface area contributed by atoms with E-state index in [0.717, 1.165) is 11.8 Å². The maximum atomic E-state index is 11.8. The van der Waals surface area contributed by atoms with Gasteiger partial charge >= 0.3 is 5.97 Å². The molecule has 0 saturated carbocycles. The van der Waals surface area contributed by atoms with E-state index in [0.29, 0.717) is 10.0 Å². The van der Waals surface area contributed by atoms with Crippen LogP contribution in [0.4, 0.5) is 0 Å². The molecule has 0 aromatic heterocycles. The van der Waals surface area contributed by atoms with Gasteiger partial charge in [0.1, 0.15) is 4.75 Å². The zero-order valence-corrected chi connectivity index (χ0v) is 13.4. The fourth-order valence-electron chi connectivity index (χ4n) is 1.18. The van der Waals surface area contributed by atoms with Crippen molar-refractivity contribution in [3.63, 3.8) is 0 Å². The zero-order valence-electron chi connectivity index (χ0n) is 11.0. The largest absolute Gasteiger partial charge is 0.480 e. The number of halogens is 1. The standard InChI is InChI=1S/C13H14BrNO4S/c1-13(2,12(18)19)20-7-10(16)15-11(17)8-5-3-4-6-9(8)14/h3-6H,7H2,1-2H3,(H,18,19)(H,15,16,17). The summed E-state index contributed by atoms with van der Waals surface area (Å²) in [6, 6.07) is 6.73. The van der Waals surface area contributed by atoms with Gasteiger partial charge in [0.25, 0.3) is 5.91 Å². The molecule has 0 atom stereocenters. The average molecular weight is 360 g/mol. The van der Waals surface area contributed by atoms with Gasteiger partial charge in [0.15, 0.2) is 0 Å². The zero-order chi connectivity index (χ0) is 15.3. The topological polar surface area (TPSA) is 83.5 Å². The Morgan fingerprint density at radius 2 is 1.90 bits per heavy atom. The molecule has 0 unspecified atom stereocenters. The lowest BCUT2D eigenvalue weighted by molar-refractivity contribution is -0.138. The van der Waals surface area contributed by atoms with Gasteiger partial charge in [0.05, 0.1) is 11.3 Å². The van der Waals surface area contributed by atoms with E-state index in [1.807, 2.05) is 0 Å². The van der Waals surface area contributed by atoms with Crippen molar-refractivity contribution in [3.8, 4) is 0 Å². The Labute approximate surface area is 129 Å². The number of carboxylic acids is 1. The van der Waals surface area contributed by atoms with Gasteiger partial charge in [-0.3, -0.25) is 19.7 Å². The van der Waals surface area contributed by atoms with Crippen molar-refractivity contribution in [2.45, 2.75) is 18.6 Å². The Morgan fingerprint density at radius 1 is 1.30 bits per heavy atom. The number of benzene rings is 1. The Morgan fingerprint density at radius 3 is 2.45 bits per heavy atom. The molecule has 0 spiro atoms. The van der Waals surface area contributed by atoms with Gasteiger partial charge < -0.3 is 5.11 Å². The first-order valence-corrected chi connectivity index (χ1v) is 7.48. The summed E-state index contributed by atoms with van der Waals surface area (Å²) in [6.07, 6.45) is 0. The molecule has 1 aromatic rings. The van der Waals surface area contributed by atoms with Crippen LogP contribution in [-0.4, -0.2) is 33.4 Å². The van der Waals surface area contributed by atoms with Crippen LogP contribution in [-0.2, 0) is 9.59 Å². The molecule has 0 saturated heterocycles. The average Bonchev–Trinajstić information content (AvgIpc) is 2.36. The van der Waals surface area contributed by atoms with Crippen LogP contribution in [0.15, 0.2) is 28.7 Å². The predicted octanol–water partition coefficient (Wildman–Crippen LogP) is 2.30. The van der Waals surface area contributed by atoms with Crippen LogP contribution < -0.4 is 5.32 Å². The van der Waals surface area contributed by atoms with E-state index in [4.69, 9.17) is 5.11 Å². The second-order valence-corrected chi connectivity index (χ2v) is 6.91. The van der Waals surface area contributed by atoms with Crippen LogP contribution in [0.5, 0.6) is 0 Å². The Bertz CT molecular complexity index is 545. The summed E-state index contributed by atoms with van der Waals surface area (Å²) in [5, 5.41) is 11.2. The number of carbonyl (C=O) groups is 3. The van der Waals surface area contributed by atoms with Crippen molar-refractivity contribution in [3.05, 3.63) is 34.3 Å². The molecule has 1 aromatic carbocycles. The van der Waals surface area contributed by atoms with E-state index in [-0.39, 0.29) is 5.75 Å². The SMILES string of the molecule is CC(C)(SCC(=O)NC(=O)c1ccccc1Br)C(=O)O. The van der Waals surface area contributed by atoms with Crippen LogP contribution in [0.2, 0.25) is 0 Å². The number of aliphatic carboxylic acids is 1. The first-order chi connectivity index (χ1) is 9.24. The molecule has 5 nitrogen and oxygen atoms in total. The van der Waals surface area contributed by atoms with Gasteiger partial charge in [-0.2, -0.15) is 0 Å². The highest BCUT2D eigenvalue weighted by atomic mass is 79.9. The normalized spacial score (nSPS) is 10.9. The summed E-state index contributed by atoms with van der Waals surface area (Å²) >= 11 is 4.18. The van der Waals surface area contributed by atoms with E-state index in [2.05, 4.69) is 21.2 Å². The van der Waals surface area contributed by atoms with E-state index in [1.165, 1.54) is 13.8 Å². The minimum absolute atomic E-state index is 0.102. The first-order valence-electron chi connectivity index (χ1n) is 5.70. The van der Waals surface area contributed by atoms with Gasteiger partial charge in [0.2, 0.25) is 5.91 Å². The molecule has 1 rings (SSSR count). The van der Waals surface area contributed by atoms with Crippen molar-refractivity contribution in [2.75, 3.05) is 5.75 Å². The van der Waals surface area contributed by atoms with Gasteiger partial charge in [-0.25, -0.2) is 0 Å². The van der Waals surface area contributed by atoms with Crippen LogP contribution >= 0.6 is 27.7 Å². The van der Waals surface area contributed by atoms with Crippen LogP contribution in [0, 0.1) is 0 Å². The molecule has 2 N–H and O–H groups in total. The van der Waals surface area contributed by atoms with Crippen molar-refractivity contribution < 1.29 is 19.5 Å². The summed E-state index contributed by atoms with van der Waals surface area (Å²) in [7, 11) is 0. The molecular formula is C13H14BrNO4S. The van der Waals surface area contributed by atoms with Crippen molar-refractivity contribution in [1.82, 2.24) is 5.32 Å².